The summed E-state index contributed by atoms with van der Waals surface area (Å²) in [4.78, 5) is 26.9. The number of hydrogen-bond donors (Lipinski definition) is 1. The van der Waals surface area contributed by atoms with Crippen molar-refractivity contribution in [3.63, 3.8) is 0 Å². The van der Waals surface area contributed by atoms with E-state index in [0.29, 0.717) is 29.4 Å². The molecule has 1 aromatic rings. The summed E-state index contributed by atoms with van der Waals surface area (Å²) < 4.78 is 10.7. The number of methoxy groups -OCH3 is 2. The van der Waals surface area contributed by atoms with E-state index in [9.17, 15) is 9.59 Å². The maximum Gasteiger partial charge on any atom is 0.260 e. The topological polar surface area (TPSA) is 67.9 Å². The summed E-state index contributed by atoms with van der Waals surface area (Å²) >= 11 is 1.61. The first-order valence-corrected chi connectivity index (χ1v) is 8.65. The molecule has 2 heterocycles. The molecule has 0 radical (unpaired) electrons. The number of rotatable bonds is 5. The van der Waals surface area contributed by atoms with Crippen LogP contribution in [-0.2, 0) is 4.79 Å². The molecule has 0 saturated carbocycles. The van der Waals surface area contributed by atoms with Crippen LogP contribution in [0.2, 0.25) is 0 Å². The molecule has 3 rings (SSSR count). The van der Waals surface area contributed by atoms with Crippen LogP contribution in [0, 0.1) is 0 Å². The number of fused-ring (bicyclic) bond motifs is 3. The lowest BCUT2D eigenvalue weighted by molar-refractivity contribution is -0.124. The molecule has 23 heavy (non-hydrogen) atoms. The van der Waals surface area contributed by atoms with Gasteiger partial charge in [-0.1, -0.05) is 13.0 Å². The van der Waals surface area contributed by atoms with Gasteiger partial charge in [-0.05, 0) is 12.5 Å². The summed E-state index contributed by atoms with van der Waals surface area (Å²) in [6, 6.07) is 3.25. The van der Waals surface area contributed by atoms with Crippen molar-refractivity contribution < 1.29 is 19.1 Å². The zero-order valence-electron chi connectivity index (χ0n) is 13.4. The van der Waals surface area contributed by atoms with Gasteiger partial charge in [0.1, 0.15) is 11.4 Å². The second kappa shape index (κ2) is 6.31. The quantitative estimate of drug-likeness (QED) is 0.888. The van der Waals surface area contributed by atoms with Crippen molar-refractivity contribution in [2.24, 2.45) is 0 Å². The fourth-order valence-corrected chi connectivity index (χ4v) is 4.52. The predicted octanol–water partition coefficient (Wildman–Crippen LogP) is 1.80. The largest absolute Gasteiger partial charge is 0.493 e. The monoisotopic (exact) mass is 336 g/mol. The Morgan fingerprint density at radius 3 is 2.83 bits per heavy atom. The highest BCUT2D eigenvalue weighted by molar-refractivity contribution is 7.99. The Morgan fingerprint density at radius 1 is 1.39 bits per heavy atom. The lowest BCUT2D eigenvalue weighted by Gasteiger charge is -2.22. The molecule has 7 heteroatoms. The molecule has 2 aliphatic heterocycles. The Labute approximate surface area is 139 Å². The SMILES string of the molecule is CCCNC(=O)[C@H]1CS[C@H]2c3ccc(OC)c(OC)c3C(=O)N12. The van der Waals surface area contributed by atoms with Crippen LogP contribution in [0.25, 0.3) is 0 Å². The van der Waals surface area contributed by atoms with Crippen molar-refractivity contribution in [1.82, 2.24) is 10.2 Å². The molecule has 0 unspecified atom stereocenters. The molecule has 1 N–H and O–H groups in total. The second-order valence-electron chi connectivity index (χ2n) is 5.47. The van der Waals surface area contributed by atoms with Gasteiger partial charge >= 0.3 is 0 Å². The van der Waals surface area contributed by atoms with Crippen molar-refractivity contribution >= 4 is 23.6 Å². The molecule has 0 aliphatic carbocycles. The van der Waals surface area contributed by atoms with E-state index < -0.39 is 6.04 Å². The summed E-state index contributed by atoms with van der Waals surface area (Å²) in [6.07, 6.45) is 0.869. The molecular weight excluding hydrogens is 316 g/mol. The van der Waals surface area contributed by atoms with Crippen LogP contribution in [-0.4, -0.2) is 49.3 Å². The average Bonchev–Trinajstić information content (AvgIpc) is 3.12. The van der Waals surface area contributed by atoms with Crippen LogP contribution in [0.5, 0.6) is 11.5 Å². The Balaban J connectivity index is 1.95. The Kier molecular flexibility index (Phi) is 4.39. The normalized spacial score (nSPS) is 21.9. The highest BCUT2D eigenvalue weighted by atomic mass is 32.2. The maximum atomic E-state index is 12.9. The summed E-state index contributed by atoms with van der Waals surface area (Å²) in [5.74, 6) is 1.33. The Morgan fingerprint density at radius 2 is 2.17 bits per heavy atom. The van der Waals surface area contributed by atoms with E-state index in [4.69, 9.17) is 9.47 Å². The Hall–Kier alpha value is -1.89. The van der Waals surface area contributed by atoms with E-state index in [1.165, 1.54) is 7.11 Å². The third kappa shape index (κ3) is 2.43. The summed E-state index contributed by atoms with van der Waals surface area (Å²) in [7, 11) is 3.06. The smallest absolute Gasteiger partial charge is 0.260 e. The molecule has 0 bridgehead atoms. The van der Waals surface area contributed by atoms with Crippen LogP contribution in [0.4, 0.5) is 0 Å². The molecule has 2 aliphatic rings. The maximum absolute atomic E-state index is 12.9. The summed E-state index contributed by atoms with van der Waals surface area (Å²) in [5, 5.41) is 2.75. The van der Waals surface area contributed by atoms with Gasteiger partial charge < -0.3 is 19.7 Å². The van der Waals surface area contributed by atoms with Crippen molar-refractivity contribution in [1.29, 1.82) is 0 Å². The molecule has 124 valence electrons. The van der Waals surface area contributed by atoms with Gasteiger partial charge in [-0.2, -0.15) is 0 Å². The van der Waals surface area contributed by atoms with Crippen molar-refractivity contribution in [2.75, 3.05) is 26.5 Å². The Bertz CT molecular complexity index is 649. The minimum absolute atomic E-state index is 0.0889. The highest BCUT2D eigenvalue weighted by Gasteiger charge is 2.50. The molecule has 0 spiro atoms. The molecular formula is C16H20N2O4S. The third-order valence-electron chi connectivity index (χ3n) is 4.14. The first-order valence-electron chi connectivity index (χ1n) is 7.60. The van der Waals surface area contributed by atoms with E-state index in [1.54, 1.807) is 29.8 Å². The summed E-state index contributed by atoms with van der Waals surface area (Å²) in [5.41, 5.74) is 1.40. The van der Waals surface area contributed by atoms with Crippen LogP contribution in [0.15, 0.2) is 12.1 Å². The number of benzene rings is 1. The molecule has 1 fully saturated rings. The van der Waals surface area contributed by atoms with Gasteiger partial charge in [0.15, 0.2) is 11.5 Å². The zero-order chi connectivity index (χ0) is 16.6. The standard InChI is InChI=1S/C16H20N2O4S/c1-4-7-17-14(19)10-8-23-16-9-5-6-11(21-2)13(22-3)12(9)15(20)18(10)16/h5-6,10,16H,4,7-8H2,1-3H3,(H,17,19)/t10-,16+/m1/s1. The number of hydrogen-bond acceptors (Lipinski definition) is 5. The third-order valence-corrected chi connectivity index (χ3v) is 5.45. The van der Waals surface area contributed by atoms with Crippen LogP contribution in [0.3, 0.4) is 0 Å². The van der Waals surface area contributed by atoms with Gasteiger partial charge in [0.25, 0.3) is 5.91 Å². The van der Waals surface area contributed by atoms with Gasteiger partial charge in [-0.3, -0.25) is 9.59 Å². The molecule has 1 aromatic carbocycles. The highest BCUT2D eigenvalue weighted by Crippen LogP contribution is 2.52. The van der Waals surface area contributed by atoms with Gasteiger partial charge in [0.2, 0.25) is 5.91 Å². The lowest BCUT2D eigenvalue weighted by atomic mass is 10.1. The number of nitrogens with one attached hydrogen (secondary N) is 1. The van der Waals surface area contributed by atoms with Gasteiger partial charge in [0.05, 0.1) is 19.8 Å². The van der Waals surface area contributed by atoms with Crippen LogP contribution < -0.4 is 14.8 Å². The lowest BCUT2D eigenvalue weighted by Crippen LogP contribution is -2.46. The van der Waals surface area contributed by atoms with Crippen molar-refractivity contribution in [3.05, 3.63) is 23.3 Å². The van der Waals surface area contributed by atoms with E-state index >= 15 is 0 Å². The van der Waals surface area contributed by atoms with E-state index in [1.807, 2.05) is 13.0 Å². The fourth-order valence-electron chi connectivity index (χ4n) is 3.06. The predicted molar refractivity (Wildman–Crippen MR) is 88.0 cm³/mol. The minimum Gasteiger partial charge on any atom is -0.493 e. The minimum atomic E-state index is -0.438. The summed E-state index contributed by atoms with van der Waals surface area (Å²) in [6.45, 7) is 2.62. The number of amides is 2. The molecule has 0 aromatic heterocycles. The molecule has 1 saturated heterocycles. The average molecular weight is 336 g/mol. The molecule has 2 amide bonds. The fraction of sp³-hybridized carbons (Fsp3) is 0.500. The zero-order valence-corrected chi connectivity index (χ0v) is 14.2. The van der Waals surface area contributed by atoms with Gasteiger partial charge in [-0.25, -0.2) is 0 Å². The van der Waals surface area contributed by atoms with E-state index in [2.05, 4.69) is 5.32 Å². The van der Waals surface area contributed by atoms with E-state index in [-0.39, 0.29) is 17.2 Å². The number of nitrogens with zero attached hydrogens (tertiary/aromatic N) is 1. The molecule has 2 atom stereocenters. The van der Waals surface area contributed by atoms with Gasteiger partial charge in [0, 0.05) is 17.9 Å². The first-order chi connectivity index (χ1) is 11.1. The number of ether oxygens (including phenoxy) is 2. The van der Waals surface area contributed by atoms with Crippen molar-refractivity contribution in [3.8, 4) is 11.5 Å². The first kappa shape index (κ1) is 16.0. The van der Waals surface area contributed by atoms with Crippen LogP contribution in [0.1, 0.15) is 34.6 Å². The number of carbonyl (C=O) groups is 2. The van der Waals surface area contributed by atoms with Gasteiger partial charge in [-0.15, -0.1) is 11.8 Å². The molecule has 6 nitrogen and oxygen atoms in total. The van der Waals surface area contributed by atoms with E-state index in [0.717, 1.165) is 12.0 Å². The second-order valence-corrected chi connectivity index (χ2v) is 6.58. The van der Waals surface area contributed by atoms with Crippen molar-refractivity contribution in [2.45, 2.75) is 24.8 Å². The number of thioether (sulfide) groups is 1. The van der Waals surface area contributed by atoms with Crippen LogP contribution >= 0.6 is 11.8 Å². The number of carbonyl (C=O) groups excluding carboxylic acids is 2.